The predicted octanol–water partition coefficient (Wildman–Crippen LogP) is 3.12. The quantitative estimate of drug-likeness (QED) is 0.879. The van der Waals surface area contributed by atoms with Gasteiger partial charge in [0.2, 0.25) is 0 Å². The summed E-state index contributed by atoms with van der Waals surface area (Å²) >= 11 is 5.64. The summed E-state index contributed by atoms with van der Waals surface area (Å²) in [6.45, 7) is 0.104. The van der Waals surface area contributed by atoms with E-state index in [-0.39, 0.29) is 22.7 Å². The Kier molecular flexibility index (Phi) is 5.18. The zero-order chi connectivity index (χ0) is 17.0. The molecular formula is C16H13ClFNO4. The number of benzene rings is 2. The van der Waals surface area contributed by atoms with Gasteiger partial charge in [-0.1, -0.05) is 29.8 Å². The molecule has 0 atom stereocenters. The smallest absolute Gasteiger partial charge is 0.337 e. The molecule has 0 spiro atoms. The molecule has 0 aromatic heterocycles. The minimum Gasteiger partial charge on any atom is -0.496 e. The van der Waals surface area contributed by atoms with Gasteiger partial charge in [-0.2, -0.15) is 0 Å². The number of carboxylic acid groups (broad SMARTS) is 1. The number of aromatic carboxylic acids is 1. The second kappa shape index (κ2) is 7.11. The lowest BCUT2D eigenvalue weighted by Gasteiger charge is -2.10. The first-order chi connectivity index (χ1) is 10.9. The second-order valence-corrected chi connectivity index (χ2v) is 5.02. The van der Waals surface area contributed by atoms with Crippen molar-refractivity contribution >= 4 is 23.5 Å². The maximum absolute atomic E-state index is 13.9. The van der Waals surface area contributed by atoms with E-state index in [9.17, 15) is 14.0 Å². The minimum absolute atomic E-state index is 0.104. The lowest BCUT2D eigenvalue weighted by Crippen LogP contribution is -2.24. The van der Waals surface area contributed by atoms with Gasteiger partial charge in [-0.25, -0.2) is 9.18 Å². The second-order valence-electron chi connectivity index (χ2n) is 4.61. The summed E-state index contributed by atoms with van der Waals surface area (Å²) in [7, 11) is 1.50. The average molecular weight is 338 g/mol. The number of amides is 1. The summed E-state index contributed by atoms with van der Waals surface area (Å²) in [6.07, 6.45) is 0. The zero-order valence-electron chi connectivity index (χ0n) is 12.1. The van der Waals surface area contributed by atoms with Gasteiger partial charge in [0.25, 0.3) is 5.91 Å². The van der Waals surface area contributed by atoms with Gasteiger partial charge in [0.15, 0.2) is 0 Å². The van der Waals surface area contributed by atoms with Gasteiger partial charge in [0.05, 0.1) is 23.3 Å². The highest BCUT2D eigenvalue weighted by Crippen LogP contribution is 2.21. The lowest BCUT2D eigenvalue weighted by molar-refractivity contribution is 0.0697. The average Bonchev–Trinajstić information content (AvgIpc) is 2.52. The molecule has 0 aliphatic heterocycles. The van der Waals surface area contributed by atoms with E-state index < -0.39 is 17.7 Å². The molecule has 2 aromatic carbocycles. The first-order valence-corrected chi connectivity index (χ1v) is 6.94. The van der Waals surface area contributed by atoms with Crippen LogP contribution in [-0.2, 0) is 6.54 Å². The first kappa shape index (κ1) is 16.8. The molecule has 23 heavy (non-hydrogen) atoms. The maximum Gasteiger partial charge on any atom is 0.337 e. The zero-order valence-corrected chi connectivity index (χ0v) is 12.9. The normalized spacial score (nSPS) is 10.2. The first-order valence-electron chi connectivity index (χ1n) is 6.56. The monoisotopic (exact) mass is 337 g/mol. The van der Waals surface area contributed by atoms with Crippen LogP contribution >= 0.6 is 11.6 Å². The number of nitrogens with one attached hydrogen (secondary N) is 1. The van der Waals surface area contributed by atoms with Crippen molar-refractivity contribution in [1.82, 2.24) is 5.32 Å². The fourth-order valence-corrected chi connectivity index (χ4v) is 2.24. The van der Waals surface area contributed by atoms with Crippen molar-refractivity contribution in [3.63, 3.8) is 0 Å². The highest BCUT2D eigenvalue weighted by atomic mass is 35.5. The van der Waals surface area contributed by atoms with Gasteiger partial charge in [-0.05, 0) is 18.2 Å². The number of hydrogen-bond donors (Lipinski definition) is 2. The van der Waals surface area contributed by atoms with Gasteiger partial charge in [0, 0.05) is 12.1 Å². The largest absolute Gasteiger partial charge is 0.496 e. The van der Waals surface area contributed by atoms with E-state index in [2.05, 4.69) is 5.32 Å². The third-order valence-electron chi connectivity index (χ3n) is 3.16. The van der Waals surface area contributed by atoms with Crippen LogP contribution < -0.4 is 10.1 Å². The van der Waals surface area contributed by atoms with Crippen molar-refractivity contribution in [3.8, 4) is 5.75 Å². The topological polar surface area (TPSA) is 75.6 Å². The van der Waals surface area contributed by atoms with Crippen LogP contribution in [0.1, 0.15) is 26.3 Å². The van der Waals surface area contributed by atoms with Crippen LogP contribution in [0.25, 0.3) is 0 Å². The summed E-state index contributed by atoms with van der Waals surface area (Å²) in [6, 6.07) is 8.76. The van der Waals surface area contributed by atoms with Crippen LogP contribution in [0.3, 0.4) is 0 Å². The standard InChI is InChI=1S/C16H13ClFNO4/c1-23-14-5-3-2-4-9(14)8-19-15(20)11-6-10(16(21)22)12(17)7-13(11)18/h2-7H,8H2,1H3,(H,19,20)(H,21,22). The molecule has 0 radical (unpaired) electrons. The van der Waals surface area contributed by atoms with Gasteiger partial charge in [-0.3, -0.25) is 4.79 Å². The van der Waals surface area contributed by atoms with Gasteiger partial charge in [-0.15, -0.1) is 0 Å². The minimum atomic E-state index is -1.34. The Morgan fingerprint density at radius 3 is 2.61 bits per heavy atom. The summed E-state index contributed by atoms with van der Waals surface area (Å²) in [5.41, 5.74) is -0.0200. The van der Waals surface area contributed by atoms with E-state index in [1.165, 1.54) is 7.11 Å². The molecule has 2 N–H and O–H groups in total. The number of halogens is 2. The highest BCUT2D eigenvalue weighted by molar-refractivity contribution is 6.33. The van der Waals surface area contributed by atoms with Crippen LogP contribution in [0, 0.1) is 5.82 Å². The fourth-order valence-electron chi connectivity index (χ4n) is 2.01. The van der Waals surface area contributed by atoms with E-state index in [0.717, 1.165) is 12.1 Å². The summed E-state index contributed by atoms with van der Waals surface area (Å²) in [4.78, 5) is 23.1. The van der Waals surface area contributed by atoms with Crippen LogP contribution in [0.4, 0.5) is 4.39 Å². The van der Waals surface area contributed by atoms with E-state index in [1.807, 2.05) is 0 Å². The Morgan fingerprint density at radius 1 is 1.26 bits per heavy atom. The molecule has 0 heterocycles. The highest BCUT2D eigenvalue weighted by Gasteiger charge is 2.18. The van der Waals surface area contributed by atoms with Crippen molar-refractivity contribution in [3.05, 3.63) is 63.9 Å². The SMILES string of the molecule is COc1ccccc1CNC(=O)c1cc(C(=O)O)c(Cl)cc1F. The number of rotatable bonds is 5. The molecule has 2 rings (SSSR count). The molecule has 0 aliphatic carbocycles. The molecule has 0 fully saturated rings. The maximum atomic E-state index is 13.9. The Labute approximate surface area is 136 Å². The van der Waals surface area contributed by atoms with E-state index in [0.29, 0.717) is 11.3 Å². The molecule has 1 amide bonds. The molecule has 0 saturated heterocycles. The van der Waals surface area contributed by atoms with Crippen molar-refractivity contribution in [2.75, 3.05) is 7.11 Å². The Balaban J connectivity index is 2.21. The number of carbonyl (C=O) groups is 2. The van der Waals surface area contributed by atoms with Crippen LogP contribution in [0.2, 0.25) is 5.02 Å². The van der Waals surface area contributed by atoms with Crippen LogP contribution in [-0.4, -0.2) is 24.1 Å². The molecule has 0 bridgehead atoms. The number of methoxy groups -OCH3 is 1. The van der Waals surface area contributed by atoms with Crippen LogP contribution in [0.15, 0.2) is 36.4 Å². The summed E-state index contributed by atoms with van der Waals surface area (Å²) in [5, 5.41) is 11.2. The molecule has 120 valence electrons. The molecule has 0 aliphatic rings. The van der Waals surface area contributed by atoms with E-state index in [4.69, 9.17) is 21.4 Å². The molecular weight excluding hydrogens is 325 g/mol. The lowest BCUT2D eigenvalue weighted by atomic mass is 10.1. The van der Waals surface area contributed by atoms with Crippen molar-refractivity contribution in [2.45, 2.75) is 6.54 Å². The van der Waals surface area contributed by atoms with E-state index in [1.54, 1.807) is 24.3 Å². The van der Waals surface area contributed by atoms with Crippen molar-refractivity contribution in [1.29, 1.82) is 0 Å². The molecule has 5 nitrogen and oxygen atoms in total. The number of carboxylic acids is 1. The van der Waals surface area contributed by atoms with Gasteiger partial charge in [0.1, 0.15) is 11.6 Å². The van der Waals surface area contributed by atoms with Gasteiger partial charge < -0.3 is 15.2 Å². The van der Waals surface area contributed by atoms with Crippen LogP contribution in [0.5, 0.6) is 5.75 Å². The Morgan fingerprint density at radius 2 is 1.96 bits per heavy atom. The third-order valence-corrected chi connectivity index (χ3v) is 3.48. The number of carbonyl (C=O) groups excluding carboxylic acids is 1. The summed E-state index contributed by atoms with van der Waals surface area (Å²) < 4.78 is 19.0. The predicted molar refractivity (Wildman–Crippen MR) is 82.5 cm³/mol. The Hall–Kier alpha value is -2.60. The fraction of sp³-hybridized carbons (Fsp3) is 0.125. The van der Waals surface area contributed by atoms with E-state index >= 15 is 0 Å². The van der Waals surface area contributed by atoms with Gasteiger partial charge >= 0.3 is 5.97 Å². The number of hydrogen-bond acceptors (Lipinski definition) is 3. The van der Waals surface area contributed by atoms with Crippen molar-refractivity contribution in [2.24, 2.45) is 0 Å². The third kappa shape index (κ3) is 3.78. The number of ether oxygens (including phenoxy) is 1. The van der Waals surface area contributed by atoms with Crippen molar-refractivity contribution < 1.29 is 23.8 Å². The molecule has 2 aromatic rings. The molecule has 0 saturated carbocycles. The summed E-state index contributed by atoms with van der Waals surface area (Å²) in [5.74, 6) is -2.39. The number of para-hydroxylation sites is 1. The Bertz CT molecular complexity index is 764. The molecule has 7 heteroatoms. The molecule has 0 unspecified atom stereocenters.